The molecule has 4 rings (SSSR count). The van der Waals surface area contributed by atoms with Gasteiger partial charge in [0.1, 0.15) is 11.6 Å². The molecule has 0 unspecified atom stereocenters. The SMILES string of the molecule is COc1ccccc1C(=O)Nc1c2c(nn1-c1ccccc1)CCC2. The Morgan fingerprint density at radius 3 is 2.64 bits per heavy atom. The summed E-state index contributed by atoms with van der Waals surface area (Å²) in [4.78, 5) is 12.8. The number of nitrogens with zero attached hydrogens (tertiary/aromatic N) is 2. The first-order valence-corrected chi connectivity index (χ1v) is 8.38. The number of aromatic nitrogens is 2. The second-order valence-electron chi connectivity index (χ2n) is 6.03. The predicted molar refractivity (Wildman–Crippen MR) is 96.5 cm³/mol. The van der Waals surface area contributed by atoms with Gasteiger partial charge in [0.15, 0.2) is 0 Å². The highest BCUT2D eigenvalue weighted by Gasteiger charge is 2.25. The van der Waals surface area contributed by atoms with E-state index in [9.17, 15) is 4.79 Å². The Kier molecular flexibility index (Phi) is 3.98. The molecule has 1 aliphatic carbocycles. The molecule has 25 heavy (non-hydrogen) atoms. The number of amides is 1. The first kappa shape index (κ1) is 15.4. The van der Waals surface area contributed by atoms with E-state index >= 15 is 0 Å². The number of para-hydroxylation sites is 2. The molecule has 1 aliphatic rings. The van der Waals surface area contributed by atoms with Crippen molar-refractivity contribution in [2.24, 2.45) is 0 Å². The molecule has 1 aromatic heterocycles. The molecule has 0 saturated heterocycles. The van der Waals surface area contributed by atoms with Gasteiger partial charge in [-0.2, -0.15) is 5.10 Å². The minimum absolute atomic E-state index is 0.191. The van der Waals surface area contributed by atoms with E-state index in [0.717, 1.165) is 42.0 Å². The fraction of sp³-hybridized carbons (Fsp3) is 0.200. The summed E-state index contributed by atoms with van der Waals surface area (Å²) in [6, 6.07) is 17.1. The monoisotopic (exact) mass is 333 g/mol. The van der Waals surface area contributed by atoms with Crippen molar-refractivity contribution in [2.45, 2.75) is 19.3 Å². The van der Waals surface area contributed by atoms with Crippen molar-refractivity contribution in [2.75, 3.05) is 12.4 Å². The molecule has 0 bridgehead atoms. The number of nitrogens with one attached hydrogen (secondary N) is 1. The summed E-state index contributed by atoms with van der Waals surface area (Å²) < 4.78 is 7.14. The van der Waals surface area contributed by atoms with Crippen LogP contribution in [0.3, 0.4) is 0 Å². The highest BCUT2D eigenvalue weighted by atomic mass is 16.5. The third kappa shape index (κ3) is 2.78. The number of benzene rings is 2. The van der Waals surface area contributed by atoms with Crippen LogP contribution in [0.4, 0.5) is 5.82 Å². The van der Waals surface area contributed by atoms with Crippen LogP contribution in [0.15, 0.2) is 54.6 Å². The van der Waals surface area contributed by atoms with Crippen LogP contribution in [0.2, 0.25) is 0 Å². The van der Waals surface area contributed by atoms with Crippen molar-refractivity contribution in [3.8, 4) is 11.4 Å². The van der Waals surface area contributed by atoms with Crippen molar-refractivity contribution in [1.29, 1.82) is 0 Å². The first-order chi connectivity index (χ1) is 12.3. The molecule has 0 radical (unpaired) electrons. The Bertz CT molecular complexity index is 916. The molecule has 0 spiro atoms. The van der Waals surface area contributed by atoms with Gasteiger partial charge in [-0.05, 0) is 43.5 Å². The third-order valence-electron chi connectivity index (χ3n) is 4.49. The Morgan fingerprint density at radius 2 is 1.84 bits per heavy atom. The van der Waals surface area contributed by atoms with Gasteiger partial charge in [-0.25, -0.2) is 4.68 Å². The summed E-state index contributed by atoms with van der Waals surface area (Å²) in [6.07, 6.45) is 2.96. The minimum atomic E-state index is -0.191. The molecule has 5 nitrogen and oxygen atoms in total. The van der Waals surface area contributed by atoms with E-state index < -0.39 is 0 Å². The molecule has 0 fully saturated rings. The standard InChI is InChI=1S/C20H19N3O2/c1-25-18-13-6-5-10-16(18)20(24)21-19-15-11-7-12-17(15)22-23(19)14-8-3-2-4-9-14/h2-6,8-10,13H,7,11-12H2,1H3,(H,21,24). The fourth-order valence-corrected chi connectivity index (χ4v) is 3.28. The van der Waals surface area contributed by atoms with E-state index in [-0.39, 0.29) is 5.91 Å². The van der Waals surface area contributed by atoms with Gasteiger partial charge in [-0.1, -0.05) is 30.3 Å². The summed E-state index contributed by atoms with van der Waals surface area (Å²) in [7, 11) is 1.57. The maximum atomic E-state index is 12.8. The molecule has 1 amide bonds. The van der Waals surface area contributed by atoms with Gasteiger partial charge in [0.05, 0.1) is 24.1 Å². The molecule has 1 N–H and O–H groups in total. The van der Waals surface area contributed by atoms with Crippen LogP contribution in [-0.4, -0.2) is 22.8 Å². The van der Waals surface area contributed by atoms with Gasteiger partial charge in [0, 0.05) is 5.56 Å². The number of carbonyl (C=O) groups is 1. The van der Waals surface area contributed by atoms with Crippen LogP contribution >= 0.6 is 0 Å². The molecule has 0 saturated carbocycles. The molecular weight excluding hydrogens is 314 g/mol. The number of hydrogen-bond donors (Lipinski definition) is 1. The molecule has 0 aliphatic heterocycles. The molecule has 126 valence electrons. The van der Waals surface area contributed by atoms with Gasteiger partial charge in [-0.3, -0.25) is 4.79 Å². The van der Waals surface area contributed by atoms with E-state index in [1.165, 1.54) is 0 Å². The first-order valence-electron chi connectivity index (χ1n) is 8.38. The Hall–Kier alpha value is -3.08. The van der Waals surface area contributed by atoms with Gasteiger partial charge < -0.3 is 10.1 Å². The topological polar surface area (TPSA) is 56.1 Å². The molecular formula is C20H19N3O2. The lowest BCUT2D eigenvalue weighted by Crippen LogP contribution is -2.17. The average Bonchev–Trinajstić information content (AvgIpc) is 3.25. The number of aryl methyl sites for hydroxylation is 1. The Balaban J connectivity index is 1.74. The normalized spacial score (nSPS) is 12.7. The average molecular weight is 333 g/mol. The lowest BCUT2D eigenvalue weighted by molar-refractivity contribution is 0.102. The minimum Gasteiger partial charge on any atom is -0.496 e. The fourth-order valence-electron chi connectivity index (χ4n) is 3.28. The van der Waals surface area contributed by atoms with Crippen LogP contribution in [-0.2, 0) is 12.8 Å². The van der Waals surface area contributed by atoms with Crippen LogP contribution in [0.1, 0.15) is 28.0 Å². The number of fused-ring (bicyclic) bond motifs is 1. The number of carbonyl (C=O) groups excluding carboxylic acids is 1. The summed E-state index contributed by atoms with van der Waals surface area (Å²) in [5.74, 6) is 1.13. The third-order valence-corrected chi connectivity index (χ3v) is 4.49. The summed E-state index contributed by atoms with van der Waals surface area (Å²) in [5, 5.41) is 7.78. The summed E-state index contributed by atoms with van der Waals surface area (Å²) in [6.45, 7) is 0. The lowest BCUT2D eigenvalue weighted by atomic mass is 10.2. The largest absolute Gasteiger partial charge is 0.496 e. The van der Waals surface area contributed by atoms with Crippen molar-refractivity contribution in [3.63, 3.8) is 0 Å². The van der Waals surface area contributed by atoms with E-state index in [4.69, 9.17) is 9.84 Å². The number of anilines is 1. The Labute approximate surface area is 146 Å². The van der Waals surface area contributed by atoms with Crippen LogP contribution < -0.4 is 10.1 Å². The molecule has 5 heteroatoms. The zero-order chi connectivity index (χ0) is 17.2. The highest BCUT2D eigenvalue weighted by molar-refractivity contribution is 6.06. The Morgan fingerprint density at radius 1 is 1.08 bits per heavy atom. The van der Waals surface area contributed by atoms with Crippen molar-refractivity contribution in [1.82, 2.24) is 9.78 Å². The van der Waals surface area contributed by atoms with Gasteiger partial charge in [-0.15, -0.1) is 0 Å². The number of rotatable bonds is 4. The molecule has 0 atom stereocenters. The smallest absolute Gasteiger partial charge is 0.260 e. The summed E-state index contributed by atoms with van der Waals surface area (Å²) >= 11 is 0. The number of methoxy groups -OCH3 is 1. The number of ether oxygens (including phenoxy) is 1. The molecule has 3 aromatic rings. The van der Waals surface area contributed by atoms with Crippen LogP contribution in [0, 0.1) is 0 Å². The quantitative estimate of drug-likeness (QED) is 0.793. The highest BCUT2D eigenvalue weighted by Crippen LogP contribution is 2.31. The van der Waals surface area contributed by atoms with Crippen LogP contribution in [0.5, 0.6) is 5.75 Å². The van der Waals surface area contributed by atoms with Crippen molar-refractivity contribution < 1.29 is 9.53 Å². The second-order valence-corrected chi connectivity index (χ2v) is 6.03. The predicted octanol–water partition coefficient (Wildman–Crippen LogP) is 3.62. The molecule has 2 aromatic carbocycles. The van der Waals surface area contributed by atoms with Gasteiger partial charge in [0.2, 0.25) is 0 Å². The van der Waals surface area contributed by atoms with E-state index in [2.05, 4.69) is 5.32 Å². The zero-order valence-electron chi connectivity index (χ0n) is 14.0. The van der Waals surface area contributed by atoms with E-state index in [1.54, 1.807) is 19.2 Å². The van der Waals surface area contributed by atoms with Gasteiger partial charge >= 0.3 is 0 Å². The lowest BCUT2D eigenvalue weighted by Gasteiger charge is -2.12. The summed E-state index contributed by atoms with van der Waals surface area (Å²) in [5.41, 5.74) is 3.65. The molecule has 1 heterocycles. The van der Waals surface area contributed by atoms with Crippen molar-refractivity contribution in [3.05, 3.63) is 71.4 Å². The van der Waals surface area contributed by atoms with Crippen molar-refractivity contribution >= 4 is 11.7 Å². The maximum absolute atomic E-state index is 12.8. The maximum Gasteiger partial charge on any atom is 0.260 e. The van der Waals surface area contributed by atoms with E-state index in [0.29, 0.717) is 11.3 Å². The van der Waals surface area contributed by atoms with E-state index in [1.807, 2.05) is 47.1 Å². The van der Waals surface area contributed by atoms with Gasteiger partial charge in [0.25, 0.3) is 5.91 Å². The van der Waals surface area contributed by atoms with Crippen LogP contribution in [0.25, 0.3) is 5.69 Å². The zero-order valence-corrected chi connectivity index (χ0v) is 14.0. The number of hydrogen-bond acceptors (Lipinski definition) is 3. The second kappa shape index (κ2) is 6.43.